The second kappa shape index (κ2) is 12.2. The number of hydrogen-bond acceptors (Lipinski definition) is 4. The molecule has 5 aromatic rings. The van der Waals surface area contributed by atoms with Crippen molar-refractivity contribution in [3.05, 3.63) is 156 Å². The molecule has 8 bridgehead atoms. The Morgan fingerprint density at radius 1 is 0.460 bits per heavy atom. The van der Waals surface area contributed by atoms with Crippen molar-refractivity contribution in [1.82, 2.24) is 29.7 Å². The molecule has 0 saturated heterocycles. The molecule has 0 radical (unpaired) electrons. The van der Waals surface area contributed by atoms with Crippen LogP contribution in [-0.4, -0.2) is 56.9 Å². The highest BCUT2D eigenvalue weighted by Gasteiger charge is 2.21. The first kappa shape index (κ1) is 29.7. The average Bonchev–Trinajstić information content (AvgIpc) is 3.97. The minimum atomic E-state index is 0.777. The van der Waals surface area contributed by atoms with Gasteiger partial charge in [-0.2, -0.15) is 0 Å². The lowest BCUT2D eigenvalue weighted by Crippen LogP contribution is -2.16. The monoisotopic (exact) mass is 648 g/mol. The first-order valence-electron chi connectivity index (χ1n) is 17.0. The predicted octanol–water partition coefficient (Wildman–Crippen LogP) is 9.67. The van der Waals surface area contributed by atoms with Gasteiger partial charge in [0.15, 0.2) is 0 Å². The maximum atomic E-state index is 5.40. The zero-order valence-electron chi connectivity index (χ0n) is 28.1. The Morgan fingerprint density at radius 3 is 1.20 bits per heavy atom. The van der Waals surface area contributed by atoms with E-state index < -0.39 is 0 Å². The summed E-state index contributed by atoms with van der Waals surface area (Å²) in [4.78, 5) is 22.9. The number of benzene rings is 2. The van der Waals surface area contributed by atoms with E-state index >= 15 is 0 Å². The van der Waals surface area contributed by atoms with E-state index in [1.807, 2.05) is 0 Å². The van der Waals surface area contributed by atoms with E-state index in [1.165, 1.54) is 11.1 Å². The van der Waals surface area contributed by atoms with E-state index in [0.717, 1.165) is 91.3 Å². The third kappa shape index (κ3) is 5.31. The Morgan fingerprint density at radius 2 is 0.820 bits per heavy atom. The number of H-pyrrole nitrogens is 2. The Bertz CT molecular complexity index is 2330. The SMILES string of the molecule is CN1C=CC=C(c2c3nc(c(-c4ccccc4)c4ccc([nH]4)c(C4=CC=CN(C)C4)c4nc(c(-c5ccccc5)c5ccc2[nH]5)C=C4)C=C3)C1. The fourth-order valence-electron chi connectivity index (χ4n) is 7.38. The number of allylic oxidation sites excluding steroid dienone is 4. The van der Waals surface area contributed by atoms with Crippen molar-refractivity contribution in [2.45, 2.75) is 0 Å². The molecule has 9 rings (SSSR count). The molecule has 0 spiro atoms. The molecule has 4 aliphatic rings. The molecule has 6 heteroatoms. The molecule has 0 fully saturated rings. The highest BCUT2D eigenvalue weighted by atomic mass is 15.1. The van der Waals surface area contributed by atoms with Gasteiger partial charge < -0.3 is 19.8 Å². The molecule has 7 heterocycles. The van der Waals surface area contributed by atoms with Crippen molar-refractivity contribution in [3.63, 3.8) is 0 Å². The molecule has 4 aliphatic heterocycles. The second-order valence-corrected chi connectivity index (χ2v) is 13.1. The third-order valence-electron chi connectivity index (χ3n) is 9.64. The zero-order valence-corrected chi connectivity index (χ0v) is 28.1. The first-order chi connectivity index (χ1) is 24.6. The number of nitrogens with one attached hydrogen (secondary N) is 2. The van der Waals surface area contributed by atoms with E-state index in [-0.39, 0.29) is 0 Å². The zero-order chi connectivity index (χ0) is 33.6. The maximum absolute atomic E-state index is 5.40. The smallest absolute Gasteiger partial charge is 0.0737 e. The molecular formula is C44H36N6. The van der Waals surface area contributed by atoms with Gasteiger partial charge in [0.1, 0.15) is 0 Å². The summed E-state index contributed by atoms with van der Waals surface area (Å²) in [5.41, 5.74) is 16.6. The van der Waals surface area contributed by atoms with Crippen LogP contribution >= 0.6 is 0 Å². The number of rotatable bonds is 4. The predicted molar refractivity (Wildman–Crippen MR) is 209 cm³/mol. The van der Waals surface area contributed by atoms with Crippen LogP contribution in [0.15, 0.2) is 122 Å². The number of aromatic amines is 2. The molecule has 0 aliphatic carbocycles. The van der Waals surface area contributed by atoms with Crippen molar-refractivity contribution < 1.29 is 0 Å². The van der Waals surface area contributed by atoms with Gasteiger partial charge in [-0.3, -0.25) is 0 Å². The van der Waals surface area contributed by atoms with Gasteiger partial charge in [0, 0.05) is 71.5 Å². The van der Waals surface area contributed by atoms with E-state index in [0.29, 0.717) is 0 Å². The summed E-state index contributed by atoms with van der Waals surface area (Å²) in [6.45, 7) is 1.55. The summed E-state index contributed by atoms with van der Waals surface area (Å²) in [7, 11) is 4.22. The van der Waals surface area contributed by atoms with Gasteiger partial charge in [0.2, 0.25) is 0 Å². The van der Waals surface area contributed by atoms with Crippen LogP contribution in [0.1, 0.15) is 33.9 Å². The highest BCUT2D eigenvalue weighted by Crippen LogP contribution is 2.37. The Labute approximate surface area is 291 Å². The molecular weight excluding hydrogens is 613 g/mol. The van der Waals surface area contributed by atoms with Crippen molar-refractivity contribution in [2.24, 2.45) is 0 Å². The van der Waals surface area contributed by atoms with Gasteiger partial charge in [-0.05, 0) is 95.4 Å². The number of nitrogens with zero attached hydrogens (tertiary/aromatic N) is 4. The first-order valence-corrected chi connectivity index (χ1v) is 17.0. The number of hydrogen-bond donors (Lipinski definition) is 2. The van der Waals surface area contributed by atoms with Gasteiger partial charge in [0.05, 0.1) is 22.8 Å². The van der Waals surface area contributed by atoms with E-state index in [9.17, 15) is 0 Å². The van der Waals surface area contributed by atoms with Crippen LogP contribution in [0.4, 0.5) is 0 Å². The van der Waals surface area contributed by atoms with Crippen molar-refractivity contribution in [1.29, 1.82) is 0 Å². The van der Waals surface area contributed by atoms with Crippen molar-refractivity contribution >= 4 is 57.5 Å². The summed E-state index contributed by atoms with van der Waals surface area (Å²) < 4.78 is 0. The van der Waals surface area contributed by atoms with Crippen LogP contribution in [-0.2, 0) is 0 Å². The molecule has 0 atom stereocenters. The Hall–Kier alpha value is -6.40. The minimum absolute atomic E-state index is 0.777. The van der Waals surface area contributed by atoms with E-state index in [1.54, 1.807) is 0 Å². The molecule has 242 valence electrons. The number of likely N-dealkylation sites (N-methyl/N-ethyl adjacent to an activating group) is 2. The van der Waals surface area contributed by atoms with Crippen LogP contribution in [0, 0.1) is 0 Å². The van der Waals surface area contributed by atoms with Gasteiger partial charge in [-0.15, -0.1) is 0 Å². The molecule has 0 saturated carbocycles. The summed E-state index contributed by atoms with van der Waals surface area (Å²) in [6, 6.07) is 29.9. The summed E-state index contributed by atoms with van der Waals surface area (Å²) in [5.74, 6) is 0. The van der Waals surface area contributed by atoms with Crippen LogP contribution in [0.5, 0.6) is 0 Å². The van der Waals surface area contributed by atoms with Gasteiger partial charge in [-0.25, -0.2) is 9.97 Å². The van der Waals surface area contributed by atoms with E-state index in [4.69, 9.17) is 9.97 Å². The van der Waals surface area contributed by atoms with E-state index in [2.05, 4.69) is 180 Å². The van der Waals surface area contributed by atoms with Gasteiger partial charge in [0.25, 0.3) is 0 Å². The molecule has 2 aromatic carbocycles. The molecule has 0 amide bonds. The van der Waals surface area contributed by atoms with Crippen LogP contribution in [0.25, 0.3) is 79.8 Å². The highest BCUT2D eigenvalue weighted by molar-refractivity contribution is 5.98. The topological polar surface area (TPSA) is 63.8 Å². The molecule has 2 N–H and O–H groups in total. The third-order valence-corrected chi connectivity index (χ3v) is 9.64. The minimum Gasteiger partial charge on any atom is -0.376 e. The molecule has 6 nitrogen and oxygen atoms in total. The lowest BCUT2D eigenvalue weighted by atomic mass is 10.0. The van der Waals surface area contributed by atoms with Crippen LogP contribution in [0.3, 0.4) is 0 Å². The summed E-state index contributed by atoms with van der Waals surface area (Å²) in [6.07, 6.45) is 21.5. The fourth-order valence-corrected chi connectivity index (χ4v) is 7.38. The Kier molecular flexibility index (Phi) is 7.28. The van der Waals surface area contributed by atoms with Crippen molar-refractivity contribution in [2.75, 3.05) is 27.2 Å². The van der Waals surface area contributed by atoms with Crippen LogP contribution < -0.4 is 0 Å². The summed E-state index contributed by atoms with van der Waals surface area (Å²) in [5, 5.41) is 0. The lowest BCUT2D eigenvalue weighted by molar-refractivity contribution is 0.513. The fraction of sp³-hybridized carbons (Fsp3) is 0.0909. The number of aromatic nitrogens is 4. The lowest BCUT2D eigenvalue weighted by Gasteiger charge is -2.20. The van der Waals surface area contributed by atoms with Gasteiger partial charge >= 0.3 is 0 Å². The molecule has 0 unspecified atom stereocenters. The standard InChI is InChI=1S/C44H36N6/c1-49-25-9-15-31(27-49)43-37-21-17-33(45-37)41(29-11-5-3-6-12-29)35-19-23-39(47-35)44(32-16-10-26-50(2)28-32)40-24-20-36(48-40)42(30-13-7-4-8-14-30)34-18-22-38(43)46-34/h3-26,45,48H,27-28H2,1-2H3. The normalized spacial score (nSPS) is 15.1. The van der Waals surface area contributed by atoms with Gasteiger partial charge in [-0.1, -0.05) is 72.8 Å². The summed E-state index contributed by atoms with van der Waals surface area (Å²) >= 11 is 0. The van der Waals surface area contributed by atoms with Crippen molar-refractivity contribution in [3.8, 4) is 22.3 Å². The molecule has 3 aromatic heterocycles. The largest absolute Gasteiger partial charge is 0.376 e. The average molecular weight is 649 g/mol. The number of fused-ring (bicyclic) bond motifs is 8. The van der Waals surface area contributed by atoms with Crippen LogP contribution in [0.2, 0.25) is 0 Å². The molecule has 50 heavy (non-hydrogen) atoms. The quantitative estimate of drug-likeness (QED) is 0.200. The second-order valence-electron chi connectivity index (χ2n) is 13.1. The maximum Gasteiger partial charge on any atom is 0.0737 e. The Balaban J connectivity index is 1.46.